The lowest BCUT2D eigenvalue weighted by atomic mass is 10.1. The summed E-state index contributed by atoms with van der Waals surface area (Å²) in [7, 11) is -1.59. The molecule has 0 nitrogen and oxygen atoms in total. The monoisotopic (exact) mass is 364 g/mol. The summed E-state index contributed by atoms with van der Waals surface area (Å²) in [6.07, 6.45) is 2.14. The van der Waals surface area contributed by atoms with Crippen LogP contribution in [0.15, 0.2) is 66.7 Å². The van der Waals surface area contributed by atoms with Gasteiger partial charge in [-0.3, -0.25) is 0 Å². The van der Waals surface area contributed by atoms with Crippen LogP contribution >= 0.6 is 11.6 Å². The lowest BCUT2D eigenvalue weighted by Gasteiger charge is -2.20. The average Bonchev–Trinajstić information content (AvgIpc) is 2.63. The zero-order valence-corrected chi connectivity index (χ0v) is 17.1. The van der Waals surface area contributed by atoms with Gasteiger partial charge in [0, 0.05) is 5.02 Å². The first-order valence-corrected chi connectivity index (χ1v) is 11.2. The number of benzene rings is 3. The average molecular weight is 365 g/mol. The van der Waals surface area contributed by atoms with Crippen LogP contribution in [0.5, 0.6) is 0 Å². The van der Waals surface area contributed by atoms with Gasteiger partial charge in [-0.1, -0.05) is 102 Å². The minimum Gasteiger partial charge on any atom is -0.0845 e. The first-order valence-electron chi connectivity index (χ1n) is 9.06. The number of hydrogen-bond donors (Lipinski definition) is 0. The van der Waals surface area contributed by atoms with Crippen LogP contribution in [0, 0.1) is 6.92 Å². The Labute approximate surface area is 158 Å². The van der Waals surface area contributed by atoms with E-state index in [4.69, 9.17) is 11.6 Å². The third-order valence-corrected chi connectivity index (χ3v) is 8.49. The molecule has 2 heteroatoms. The Hall–Kier alpha value is -1.83. The zero-order chi connectivity index (χ0) is 17.8. The predicted octanol–water partition coefficient (Wildman–Crippen LogP) is 4.02. The lowest BCUT2D eigenvalue weighted by Crippen LogP contribution is -2.52. The third-order valence-electron chi connectivity index (χ3n) is 4.82. The van der Waals surface area contributed by atoms with Crippen molar-refractivity contribution in [1.29, 1.82) is 0 Å². The summed E-state index contributed by atoms with van der Waals surface area (Å²) in [5, 5.41) is 5.10. The third kappa shape index (κ3) is 4.05. The molecule has 0 bridgehead atoms. The van der Waals surface area contributed by atoms with E-state index in [1.807, 2.05) is 12.1 Å². The quantitative estimate of drug-likeness (QED) is 0.473. The van der Waals surface area contributed by atoms with Crippen molar-refractivity contribution >= 4 is 36.0 Å². The molecule has 1 unspecified atom stereocenters. The fourth-order valence-electron chi connectivity index (χ4n) is 3.48. The molecule has 128 valence electrons. The van der Waals surface area contributed by atoms with E-state index in [9.17, 15) is 0 Å². The second-order valence-corrected chi connectivity index (χ2v) is 9.89. The first kappa shape index (κ1) is 18.0. The minimum atomic E-state index is -1.59. The molecule has 0 aliphatic carbocycles. The molecule has 0 amide bonds. The van der Waals surface area contributed by atoms with Crippen LogP contribution in [-0.4, -0.2) is 8.80 Å². The molecule has 0 aliphatic rings. The van der Waals surface area contributed by atoms with E-state index in [0.717, 1.165) is 17.9 Å². The van der Waals surface area contributed by atoms with Gasteiger partial charge in [0.05, 0.1) is 0 Å². The first-order chi connectivity index (χ1) is 12.1. The molecule has 0 saturated carbocycles. The Morgan fingerprint density at radius 2 is 1.44 bits per heavy atom. The molecule has 25 heavy (non-hydrogen) atoms. The number of hydrogen-bond acceptors (Lipinski definition) is 0. The zero-order valence-electron chi connectivity index (χ0n) is 15.2. The molecule has 0 saturated heterocycles. The Morgan fingerprint density at radius 3 is 2.04 bits per heavy atom. The Kier molecular flexibility index (Phi) is 5.77. The summed E-state index contributed by atoms with van der Waals surface area (Å²) in [6.45, 7) is 6.63. The lowest BCUT2D eigenvalue weighted by molar-refractivity contribution is 1.09. The van der Waals surface area contributed by atoms with E-state index in [2.05, 4.69) is 75.4 Å². The molecule has 1 atom stereocenters. The summed E-state index contributed by atoms with van der Waals surface area (Å²) in [4.78, 5) is 0. The molecule has 0 spiro atoms. The molecular formula is C23H25ClSi. The number of halogens is 1. The van der Waals surface area contributed by atoms with Crippen LogP contribution in [0.2, 0.25) is 5.02 Å². The molecule has 3 aromatic rings. The predicted molar refractivity (Wildman–Crippen MR) is 114 cm³/mol. The summed E-state index contributed by atoms with van der Waals surface area (Å²) >= 11 is 6.64. The van der Waals surface area contributed by atoms with E-state index in [0.29, 0.717) is 0 Å². The van der Waals surface area contributed by atoms with Crippen LogP contribution in [0.3, 0.4) is 0 Å². The van der Waals surface area contributed by atoms with Crippen molar-refractivity contribution in [3.63, 3.8) is 0 Å². The highest BCUT2D eigenvalue weighted by molar-refractivity contribution is 6.96. The molecule has 0 aliphatic heterocycles. The Morgan fingerprint density at radius 1 is 0.760 bits per heavy atom. The number of rotatable bonds is 5. The van der Waals surface area contributed by atoms with Crippen molar-refractivity contribution in [2.45, 2.75) is 33.6 Å². The largest absolute Gasteiger partial charge is 0.134 e. The summed E-state index contributed by atoms with van der Waals surface area (Å²) in [5.41, 5.74) is 4.16. The maximum Gasteiger partial charge on any atom is 0.134 e. The molecule has 0 heterocycles. The van der Waals surface area contributed by atoms with Crippen LogP contribution in [0.25, 0.3) is 0 Å². The highest BCUT2D eigenvalue weighted by atomic mass is 35.5. The van der Waals surface area contributed by atoms with Gasteiger partial charge in [0.25, 0.3) is 0 Å². The molecule has 0 fully saturated rings. The van der Waals surface area contributed by atoms with Crippen LogP contribution in [0.1, 0.15) is 30.5 Å². The van der Waals surface area contributed by atoms with Gasteiger partial charge < -0.3 is 0 Å². The summed E-state index contributed by atoms with van der Waals surface area (Å²) in [6, 6.07) is 24.5. The molecule has 0 radical (unpaired) electrons. The van der Waals surface area contributed by atoms with E-state index >= 15 is 0 Å². The Balaban J connectivity index is 2.23. The SMILES string of the molecule is CCc1cc(CC)cc([SiH](c2cccc(C)c2)c2ccccc2Cl)c1. The van der Waals surface area contributed by atoms with Gasteiger partial charge >= 0.3 is 0 Å². The van der Waals surface area contributed by atoms with Gasteiger partial charge in [0.15, 0.2) is 0 Å². The van der Waals surface area contributed by atoms with Gasteiger partial charge in [0.1, 0.15) is 8.80 Å². The van der Waals surface area contributed by atoms with E-state index in [-0.39, 0.29) is 0 Å². The second kappa shape index (κ2) is 8.03. The van der Waals surface area contributed by atoms with Crippen molar-refractivity contribution in [3.8, 4) is 0 Å². The van der Waals surface area contributed by atoms with Crippen molar-refractivity contribution in [2.75, 3.05) is 0 Å². The van der Waals surface area contributed by atoms with Crippen LogP contribution in [-0.2, 0) is 12.8 Å². The summed E-state index contributed by atoms with van der Waals surface area (Å²) in [5.74, 6) is 0. The van der Waals surface area contributed by atoms with E-state index < -0.39 is 8.80 Å². The van der Waals surface area contributed by atoms with Crippen LogP contribution < -0.4 is 15.6 Å². The van der Waals surface area contributed by atoms with Gasteiger partial charge in [-0.25, -0.2) is 0 Å². The molecule has 0 N–H and O–H groups in total. The van der Waals surface area contributed by atoms with Gasteiger partial charge in [0.2, 0.25) is 0 Å². The number of aryl methyl sites for hydroxylation is 3. The van der Waals surface area contributed by atoms with Gasteiger partial charge in [-0.15, -0.1) is 0 Å². The van der Waals surface area contributed by atoms with Gasteiger partial charge in [-0.2, -0.15) is 0 Å². The minimum absolute atomic E-state index is 0.889. The molecule has 0 aromatic heterocycles. The van der Waals surface area contributed by atoms with Gasteiger partial charge in [-0.05, 0) is 42.1 Å². The van der Waals surface area contributed by atoms with Crippen molar-refractivity contribution < 1.29 is 0 Å². The highest BCUT2D eigenvalue weighted by Gasteiger charge is 2.22. The molecular weight excluding hydrogens is 340 g/mol. The summed E-state index contributed by atoms with van der Waals surface area (Å²) < 4.78 is 0. The smallest absolute Gasteiger partial charge is 0.0845 e. The second-order valence-electron chi connectivity index (χ2n) is 6.66. The maximum absolute atomic E-state index is 6.64. The molecule has 3 aromatic carbocycles. The van der Waals surface area contributed by atoms with Crippen molar-refractivity contribution in [2.24, 2.45) is 0 Å². The Bertz CT molecular complexity index is 847. The topological polar surface area (TPSA) is 0 Å². The van der Waals surface area contributed by atoms with Crippen molar-refractivity contribution in [3.05, 3.63) is 88.4 Å². The maximum atomic E-state index is 6.64. The highest BCUT2D eigenvalue weighted by Crippen LogP contribution is 2.10. The fourth-order valence-corrected chi connectivity index (χ4v) is 7.21. The standard InChI is InChI=1S/C23H25ClSi/c1-4-18-14-19(5-2)16-21(15-18)25(20-10-8-9-17(3)13-20)23-12-7-6-11-22(23)24/h6-16,25H,4-5H2,1-3H3. The normalized spacial score (nSPS) is 12.2. The van der Waals surface area contributed by atoms with E-state index in [1.54, 1.807) is 0 Å². The van der Waals surface area contributed by atoms with Crippen molar-refractivity contribution in [1.82, 2.24) is 0 Å². The van der Waals surface area contributed by atoms with Crippen LogP contribution in [0.4, 0.5) is 0 Å². The fraction of sp³-hybridized carbons (Fsp3) is 0.217. The van der Waals surface area contributed by atoms with E-state index in [1.165, 1.54) is 32.3 Å². The molecule has 3 rings (SSSR count).